The average Bonchev–Trinajstić information content (AvgIpc) is 2.64. The van der Waals surface area contributed by atoms with Crippen molar-refractivity contribution in [3.63, 3.8) is 0 Å². The van der Waals surface area contributed by atoms with Crippen molar-refractivity contribution in [3.8, 4) is 5.75 Å². The summed E-state index contributed by atoms with van der Waals surface area (Å²) in [6.07, 6.45) is 0.366. The lowest BCUT2D eigenvalue weighted by Gasteiger charge is -2.19. The zero-order valence-electron chi connectivity index (χ0n) is 16.7. The molecule has 0 bridgehead atoms. The summed E-state index contributed by atoms with van der Waals surface area (Å²) in [7, 11) is 0. The summed E-state index contributed by atoms with van der Waals surface area (Å²) >= 11 is 0. The van der Waals surface area contributed by atoms with Gasteiger partial charge < -0.3 is 20.1 Å². The molecule has 0 unspecified atom stereocenters. The molecular formula is C22H28N2O4. The van der Waals surface area contributed by atoms with Crippen molar-refractivity contribution in [2.45, 2.75) is 45.8 Å². The number of anilines is 1. The molecule has 0 atom stereocenters. The van der Waals surface area contributed by atoms with Gasteiger partial charge in [0.2, 0.25) is 5.91 Å². The van der Waals surface area contributed by atoms with Crippen LogP contribution in [0.25, 0.3) is 0 Å². The Kier molecular flexibility index (Phi) is 7.87. The van der Waals surface area contributed by atoms with Gasteiger partial charge >= 0.3 is 6.09 Å². The number of rotatable bonds is 8. The Hall–Kier alpha value is -3.02. The number of carbonyl (C=O) groups is 2. The van der Waals surface area contributed by atoms with E-state index in [9.17, 15) is 9.59 Å². The van der Waals surface area contributed by atoms with Gasteiger partial charge in [0.25, 0.3) is 0 Å². The Morgan fingerprint density at radius 2 is 1.64 bits per heavy atom. The lowest BCUT2D eigenvalue weighted by atomic mass is 10.2. The summed E-state index contributed by atoms with van der Waals surface area (Å²) < 4.78 is 10.9. The standard InChI is InChI=1S/C22H28N2O4/c1-22(2,3)28-21(26)23-15-7-10-20(25)24-18-11-13-19(14-12-18)27-16-17-8-5-4-6-9-17/h4-6,8-9,11-14H,7,10,15-16H2,1-3H3,(H,23,26)(H,24,25). The van der Waals surface area contributed by atoms with Crippen LogP contribution in [0.5, 0.6) is 5.75 Å². The zero-order valence-corrected chi connectivity index (χ0v) is 16.7. The minimum atomic E-state index is -0.529. The summed E-state index contributed by atoms with van der Waals surface area (Å²) in [4.78, 5) is 23.5. The van der Waals surface area contributed by atoms with Gasteiger partial charge in [-0.25, -0.2) is 4.79 Å². The molecule has 2 aromatic carbocycles. The number of carbonyl (C=O) groups excluding carboxylic acids is 2. The van der Waals surface area contributed by atoms with E-state index >= 15 is 0 Å². The van der Waals surface area contributed by atoms with Gasteiger partial charge in [0.1, 0.15) is 18.0 Å². The first kappa shape index (κ1) is 21.3. The van der Waals surface area contributed by atoms with Crippen LogP contribution in [0.1, 0.15) is 39.2 Å². The van der Waals surface area contributed by atoms with E-state index in [2.05, 4.69) is 10.6 Å². The Labute approximate surface area is 166 Å². The fourth-order valence-electron chi connectivity index (χ4n) is 2.35. The highest BCUT2D eigenvalue weighted by molar-refractivity contribution is 5.90. The van der Waals surface area contributed by atoms with Gasteiger partial charge in [-0.1, -0.05) is 30.3 Å². The molecule has 0 spiro atoms. The van der Waals surface area contributed by atoms with Crippen molar-refractivity contribution in [1.29, 1.82) is 0 Å². The van der Waals surface area contributed by atoms with E-state index in [-0.39, 0.29) is 5.91 Å². The summed E-state index contributed by atoms with van der Waals surface area (Å²) in [5, 5.41) is 5.47. The fraction of sp³-hybridized carbons (Fsp3) is 0.364. The Bertz CT molecular complexity index is 752. The molecule has 0 heterocycles. The van der Waals surface area contributed by atoms with Crippen LogP contribution in [0.15, 0.2) is 54.6 Å². The number of amides is 2. The molecule has 0 aliphatic rings. The summed E-state index contributed by atoms with van der Waals surface area (Å²) in [5.74, 6) is 0.632. The highest BCUT2D eigenvalue weighted by Crippen LogP contribution is 2.17. The van der Waals surface area contributed by atoms with Crippen LogP contribution >= 0.6 is 0 Å². The van der Waals surface area contributed by atoms with Crippen LogP contribution in [0.2, 0.25) is 0 Å². The summed E-state index contributed by atoms with van der Waals surface area (Å²) in [6.45, 7) is 6.29. The van der Waals surface area contributed by atoms with Crippen LogP contribution in [-0.4, -0.2) is 24.1 Å². The predicted octanol–water partition coefficient (Wildman–Crippen LogP) is 4.51. The molecule has 2 aromatic rings. The molecule has 0 aliphatic heterocycles. The van der Waals surface area contributed by atoms with E-state index < -0.39 is 11.7 Å². The second kappa shape index (κ2) is 10.3. The number of hydrogen-bond acceptors (Lipinski definition) is 4. The SMILES string of the molecule is CC(C)(C)OC(=O)NCCCC(=O)Nc1ccc(OCc2ccccc2)cc1. The number of benzene rings is 2. The monoisotopic (exact) mass is 384 g/mol. The molecule has 0 saturated carbocycles. The predicted molar refractivity (Wildman–Crippen MR) is 109 cm³/mol. The maximum absolute atomic E-state index is 12.0. The number of ether oxygens (including phenoxy) is 2. The Morgan fingerprint density at radius 3 is 2.29 bits per heavy atom. The van der Waals surface area contributed by atoms with Crippen LogP contribution in [0.3, 0.4) is 0 Å². The minimum absolute atomic E-state index is 0.107. The van der Waals surface area contributed by atoms with Crippen LogP contribution in [0.4, 0.5) is 10.5 Å². The molecule has 0 aliphatic carbocycles. The third kappa shape index (κ3) is 8.58. The highest BCUT2D eigenvalue weighted by Gasteiger charge is 2.15. The van der Waals surface area contributed by atoms with E-state index in [1.165, 1.54) is 0 Å². The average molecular weight is 384 g/mol. The first-order valence-corrected chi connectivity index (χ1v) is 9.35. The summed E-state index contributed by atoms with van der Waals surface area (Å²) in [6, 6.07) is 17.2. The van der Waals surface area contributed by atoms with Crippen molar-refractivity contribution in [2.24, 2.45) is 0 Å². The largest absolute Gasteiger partial charge is 0.489 e. The maximum Gasteiger partial charge on any atom is 0.407 e. The van der Waals surface area contributed by atoms with Gasteiger partial charge in [-0.05, 0) is 57.0 Å². The first-order valence-electron chi connectivity index (χ1n) is 9.35. The van der Waals surface area contributed by atoms with E-state index in [0.717, 1.165) is 11.3 Å². The number of hydrogen-bond donors (Lipinski definition) is 2. The van der Waals surface area contributed by atoms with E-state index in [4.69, 9.17) is 9.47 Å². The van der Waals surface area contributed by atoms with Gasteiger partial charge in [0.15, 0.2) is 0 Å². The van der Waals surface area contributed by atoms with Crippen LogP contribution in [0, 0.1) is 0 Å². The molecule has 150 valence electrons. The smallest absolute Gasteiger partial charge is 0.407 e. The van der Waals surface area contributed by atoms with Crippen molar-refractivity contribution >= 4 is 17.7 Å². The molecule has 0 fully saturated rings. The third-order valence-corrected chi connectivity index (χ3v) is 3.64. The van der Waals surface area contributed by atoms with Crippen molar-refractivity contribution < 1.29 is 19.1 Å². The molecule has 6 heteroatoms. The molecule has 2 amide bonds. The Balaban J connectivity index is 1.66. The third-order valence-electron chi connectivity index (χ3n) is 3.64. The Morgan fingerprint density at radius 1 is 0.964 bits per heavy atom. The molecule has 28 heavy (non-hydrogen) atoms. The lowest BCUT2D eigenvalue weighted by Crippen LogP contribution is -2.33. The molecule has 0 saturated heterocycles. The topological polar surface area (TPSA) is 76.7 Å². The maximum atomic E-state index is 12.0. The first-order chi connectivity index (χ1) is 13.3. The second-order valence-corrected chi connectivity index (χ2v) is 7.38. The fourth-order valence-corrected chi connectivity index (χ4v) is 2.35. The minimum Gasteiger partial charge on any atom is -0.489 e. The second-order valence-electron chi connectivity index (χ2n) is 7.38. The molecule has 2 N–H and O–H groups in total. The zero-order chi connectivity index (χ0) is 20.4. The van der Waals surface area contributed by atoms with Gasteiger partial charge in [0.05, 0.1) is 0 Å². The van der Waals surface area contributed by atoms with Gasteiger partial charge in [-0.3, -0.25) is 4.79 Å². The van der Waals surface area contributed by atoms with Crippen molar-refractivity contribution in [2.75, 3.05) is 11.9 Å². The van der Waals surface area contributed by atoms with E-state index in [1.807, 2.05) is 42.5 Å². The van der Waals surface area contributed by atoms with Crippen molar-refractivity contribution in [3.05, 3.63) is 60.2 Å². The lowest BCUT2D eigenvalue weighted by molar-refractivity contribution is -0.116. The number of nitrogens with one attached hydrogen (secondary N) is 2. The number of alkyl carbamates (subject to hydrolysis) is 1. The quantitative estimate of drug-likeness (QED) is 0.657. The molecule has 2 rings (SSSR count). The molecule has 0 aromatic heterocycles. The van der Waals surface area contributed by atoms with E-state index in [0.29, 0.717) is 31.7 Å². The van der Waals surface area contributed by atoms with Crippen LogP contribution in [-0.2, 0) is 16.1 Å². The van der Waals surface area contributed by atoms with Crippen molar-refractivity contribution in [1.82, 2.24) is 5.32 Å². The highest BCUT2D eigenvalue weighted by atomic mass is 16.6. The van der Waals surface area contributed by atoms with Gasteiger partial charge in [0, 0.05) is 18.7 Å². The van der Waals surface area contributed by atoms with E-state index in [1.54, 1.807) is 32.9 Å². The normalized spacial score (nSPS) is 10.8. The van der Waals surface area contributed by atoms with Gasteiger partial charge in [-0.15, -0.1) is 0 Å². The molecule has 0 radical (unpaired) electrons. The molecular weight excluding hydrogens is 356 g/mol. The van der Waals surface area contributed by atoms with Crippen LogP contribution < -0.4 is 15.4 Å². The summed E-state index contributed by atoms with van der Waals surface area (Å²) in [5.41, 5.74) is 1.27. The van der Waals surface area contributed by atoms with Gasteiger partial charge in [-0.2, -0.15) is 0 Å². The molecule has 6 nitrogen and oxygen atoms in total.